The number of carbonyl (C=O) groups excluding carboxylic acids is 2. The molecule has 7 nitrogen and oxygen atoms in total. The van der Waals surface area contributed by atoms with Gasteiger partial charge in [-0.2, -0.15) is 0 Å². The third kappa shape index (κ3) is 4.86. The van der Waals surface area contributed by atoms with E-state index in [-0.39, 0.29) is 18.1 Å². The van der Waals surface area contributed by atoms with Crippen LogP contribution in [0.4, 0.5) is 5.00 Å². The second-order valence-corrected chi connectivity index (χ2v) is 10.9. The number of thioether (sulfide) groups is 1. The Morgan fingerprint density at radius 1 is 1.16 bits per heavy atom. The second kappa shape index (κ2) is 9.54. The maximum atomic E-state index is 12.7. The van der Waals surface area contributed by atoms with Crippen LogP contribution in [0.5, 0.6) is 0 Å². The van der Waals surface area contributed by atoms with Crippen LogP contribution in [0.2, 0.25) is 0 Å². The fourth-order valence-corrected chi connectivity index (χ4v) is 5.88. The summed E-state index contributed by atoms with van der Waals surface area (Å²) >= 11 is 4.23. The summed E-state index contributed by atoms with van der Waals surface area (Å²) in [5.41, 5.74) is 2.04. The molecule has 0 radical (unpaired) electrons. The van der Waals surface area contributed by atoms with Gasteiger partial charge in [-0.25, -0.2) is 9.78 Å². The molecule has 10 heteroatoms. The zero-order chi connectivity index (χ0) is 22.9. The average molecular weight is 480 g/mol. The summed E-state index contributed by atoms with van der Waals surface area (Å²) in [6.45, 7) is 11.4. The normalized spacial score (nSPS) is 12.2. The number of fused-ring (bicyclic) bond motifs is 1. The number of aromatic nitrogens is 2. The topological polar surface area (TPSA) is 101 Å². The van der Waals surface area contributed by atoms with E-state index in [0.29, 0.717) is 27.5 Å². The van der Waals surface area contributed by atoms with Crippen LogP contribution in [0, 0.1) is 27.7 Å². The van der Waals surface area contributed by atoms with Crippen LogP contribution < -0.4 is 10.9 Å². The van der Waals surface area contributed by atoms with Crippen molar-refractivity contribution in [1.82, 2.24) is 9.97 Å². The van der Waals surface area contributed by atoms with Crippen molar-refractivity contribution in [2.45, 2.75) is 52.5 Å². The number of nitrogens with zero attached hydrogens (tertiary/aromatic N) is 1. The van der Waals surface area contributed by atoms with E-state index in [1.807, 2.05) is 27.7 Å². The molecule has 0 aliphatic rings. The number of amides is 1. The molecule has 0 saturated heterocycles. The van der Waals surface area contributed by atoms with Gasteiger partial charge in [-0.15, -0.1) is 34.4 Å². The lowest BCUT2D eigenvalue weighted by Crippen LogP contribution is -2.23. The maximum Gasteiger partial charge on any atom is 0.341 e. The van der Waals surface area contributed by atoms with Crippen molar-refractivity contribution in [2.75, 3.05) is 11.9 Å². The fraction of sp³-hybridized carbons (Fsp3) is 0.429. The van der Waals surface area contributed by atoms with Gasteiger partial charge in [-0.3, -0.25) is 9.59 Å². The van der Waals surface area contributed by atoms with Crippen molar-refractivity contribution < 1.29 is 14.3 Å². The number of nitrogens with one attached hydrogen (secondary N) is 2. The monoisotopic (exact) mass is 479 g/mol. The van der Waals surface area contributed by atoms with Crippen molar-refractivity contribution in [3.63, 3.8) is 0 Å². The molecular formula is C21H25N3O4S3. The molecular weight excluding hydrogens is 454 g/mol. The molecule has 1 atom stereocenters. The lowest BCUT2D eigenvalue weighted by Gasteiger charge is -2.12. The highest BCUT2D eigenvalue weighted by atomic mass is 32.2. The molecule has 1 amide bonds. The molecule has 3 aromatic heterocycles. The molecule has 0 aliphatic carbocycles. The van der Waals surface area contributed by atoms with Gasteiger partial charge in [0.15, 0.2) is 0 Å². The Morgan fingerprint density at radius 2 is 1.84 bits per heavy atom. The lowest BCUT2D eigenvalue weighted by atomic mass is 10.1. The fourth-order valence-electron chi connectivity index (χ4n) is 3.02. The number of anilines is 1. The first kappa shape index (κ1) is 23.5. The molecule has 3 aromatic rings. The van der Waals surface area contributed by atoms with Crippen molar-refractivity contribution in [2.24, 2.45) is 0 Å². The van der Waals surface area contributed by atoms with E-state index >= 15 is 0 Å². The number of thiophene rings is 2. The Hall–Kier alpha value is -2.17. The number of hydrogen-bond acceptors (Lipinski definition) is 8. The third-order valence-electron chi connectivity index (χ3n) is 5.03. The SMILES string of the molecule is CCOC(=O)c1c(NC(=O)C(C)SCc2nc3sc(C)c(C)c3c(=O)[nH]2)sc(C)c1C. The summed E-state index contributed by atoms with van der Waals surface area (Å²) < 4.78 is 5.14. The number of rotatable bonds is 7. The lowest BCUT2D eigenvalue weighted by molar-refractivity contribution is -0.115. The van der Waals surface area contributed by atoms with E-state index in [9.17, 15) is 14.4 Å². The number of carbonyl (C=O) groups is 2. The van der Waals surface area contributed by atoms with Gasteiger partial charge in [0.25, 0.3) is 5.56 Å². The predicted molar refractivity (Wildman–Crippen MR) is 129 cm³/mol. The molecule has 0 aromatic carbocycles. The summed E-state index contributed by atoms with van der Waals surface area (Å²) in [5.74, 6) is 0.279. The van der Waals surface area contributed by atoms with Crippen LogP contribution in [-0.4, -0.2) is 33.7 Å². The highest BCUT2D eigenvalue weighted by molar-refractivity contribution is 7.99. The first-order valence-electron chi connectivity index (χ1n) is 9.82. The smallest absolute Gasteiger partial charge is 0.341 e. The van der Waals surface area contributed by atoms with Crippen LogP contribution in [0.1, 0.15) is 50.9 Å². The molecule has 31 heavy (non-hydrogen) atoms. The zero-order valence-electron chi connectivity index (χ0n) is 18.3. The third-order valence-corrected chi connectivity index (χ3v) is 8.41. The van der Waals surface area contributed by atoms with Gasteiger partial charge in [0, 0.05) is 9.75 Å². The number of esters is 1. The van der Waals surface area contributed by atoms with E-state index in [2.05, 4.69) is 15.3 Å². The quantitative estimate of drug-likeness (QED) is 0.476. The first-order chi connectivity index (χ1) is 14.6. The maximum absolute atomic E-state index is 12.7. The second-order valence-electron chi connectivity index (χ2n) is 7.13. The Balaban J connectivity index is 1.71. The molecule has 0 spiro atoms. The number of H-pyrrole nitrogens is 1. The minimum Gasteiger partial charge on any atom is -0.462 e. The van der Waals surface area contributed by atoms with Crippen LogP contribution in [0.25, 0.3) is 10.2 Å². The Kier molecular flexibility index (Phi) is 7.23. The van der Waals surface area contributed by atoms with Gasteiger partial charge in [-0.1, -0.05) is 0 Å². The molecule has 3 rings (SSSR count). The van der Waals surface area contributed by atoms with Crippen molar-refractivity contribution in [1.29, 1.82) is 0 Å². The highest BCUT2D eigenvalue weighted by Gasteiger charge is 2.24. The van der Waals surface area contributed by atoms with E-state index in [1.165, 1.54) is 34.4 Å². The number of hydrogen-bond donors (Lipinski definition) is 2. The largest absolute Gasteiger partial charge is 0.462 e. The molecule has 166 valence electrons. The molecule has 2 N–H and O–H groups in total. The van der Waals surface area contributed by atoms with Crippen LogP contribution in [0.3, 0.4) is 0 Å². The summed E-state index contributed by atoms with van der Waals surface area (Å²) in [5, 5.41) is 3.59. The van der Waals surface area contributed by atoms with E-state index in [1.54, 1.807) is 13.8 Å². The zero-order valence-corrected chi connectivity index (χ0v) is 20.7. The van der Waals surface area contributed by atoms with Crippen molar-refractivity contribution in [3.8, 4) is 0 Å². The minimum atomic E-state index is -0.434. The van der Waals surface area contributed by atoms with Gasteiger partial charge < -0.3 is 15.0 Å². The van der Waals surface area contributed by atoms with Gasteiger partial charge >= 0.3 is 5.97 Å². The average Bonchev–Trinajstić information content (AvgIpc) is 3.15. The summed E-state index contributed by atoms with van der Waals surface area (Å²) in [6.07, 6.45) is 0. The van der Waals surface area contributed by atoms with Crippen molar-refractivity contribution >= 4 is 61.5 Å². The van der Waals surface area contributed by atoms with Crippen LogP contribution >= 0.6 is 34.4 Å². The molecule has 1 unspecified atom stereocenters. The van der Waals surface area contributed by atoms with Crippen molar-refractivity contribution in [3.05, 3.63) is 42.6 Å². The number of aryl methyl sites for hydroxylation is 3. The Labute approximate surface area is 192 Å². The Morgan fingerprint density at radius 3 is 2.52 bits per heavy atom. The van der Waals surface area contributed by atoms with Gasteiger partial charge in [0.2, 0.25) is 5.91 Å². The van der Waals surface area contributed by atoms with Crippen LogP contribution in [0.15, 0.2) is 4.79 Å². The molecule has 0 fully saturated rings. The van der Waals surface area contributed by atoms with Gasteiger partial charge in [-0.05, 0) is 52.7 Å². The van der Waals surface area contributed by atoms with Gasteiger partial charge in [0.05, 0.1) is 28.6 Å². The predicted octanol–water partition coefficient (Wildman–Crippen LogP) is 4.72. The standard InChI is InChI=1S/C21H25N3O4S3/c1-7-28-21(27)16-10(3)12(5)31-20(16)24-17(25)13(6)29-8-14-22-18(26)15-9(2)11(4)30-19(15)23-14/h13H,7-8H2,1-6H3,(H,24,25)(H,22,23,26). The summed E-state index contributed by atoms with van der Waals surface area (Å²) in [6, 6.07) is 0. The Bertz CT molecular complexity index is 1210. The summed E-state index contributed by atoms with van der Waals surface area (Å²) in [4.78, 5) is 47.6. The molecule has 0 saturated carbocycles. The number of ether oxygens (including phenoxy) is 1. The van der Waals surface area contributed by atoms with Gasteiger partial charge in [0.1, 0.15) is 15.7 Å². The van der Waals surface area contributed by atoms with E-state index < -0.39 is 11.2 Å². The molecule has 0 bridgehead atoms. The number of aromatic amines is 1. The highest BCUT2D eigenvalue weighted by Crippen LogP contribution is 2.34. The van der Waals surface area contributed by atoms with E-state index in [0.717, 1.165) is 25.7 Å². The first-order valence-corrected chi connectivity index (χ1v) is 12.5. The minimum absolute atomic E-state index is 0.150. The molecule has 3 heterocycles. The van der Waals surface area contributed by atoms with E-state index in [4.69, 9.17) is 4.74 Å². The van der Waals surface area contributed by atoms with Crippen LogP contribution in [-0.2, 0) is 15.3 Å². The molecule has 0 aliphatic heterocycles. The summed E-state index contributed by atoms with van der Waals surface area (Å²) in [7, 11) is 0.